The van der Waals surface area contributed by atoms with Gasteiger partial charge in [0.2, 0.25) is 12.7 Å². The monoisotopic (exact) mass is 433 g/mol. The van der Waals surface area contributed by atoms with E-state index in [1.807, 2.05) is 13.0 Å². The molecular formula is C21H28BNO8. The van der Waals surface area contributed by atoms with E-state index < -0.39 is 31.8 Å². The SMILES string of the molecule is CCCCOC(=O)OCOC(=O)c1cccc2c1CB(O)C(NC(=O)CCC(C)=O)C2. The minimum Gasteiger partial charge on any atom is -0.448 e. The number of ketones is 1. The molecule has 1 aliphatic rings. The first-order valence-corrected chi connectivity index (χ1v) is 10.4. The van der Waals surface area contributed by atoms with Crippen LogP contribution in [0.15, 0.2) is 18.2 Å². The summed E-state index contributed by atoms with van der Waals surface area (Å²) < 4.78 is 14.5. The van der Waals surface area contributed by atoms with Crippen molar-refractivity contribution in [1.82, 2.24) is 5.32 Å². The summed E-state index contributed by atoms with van der Waals surface area (Å²) in [5, 5.41) is 13.2. The molecule has 2 rings (SSSR count). The Bertz CT molecular complexity index is 813. The Morgan fingerprint density at radius 1 is 1.16 bits per heavy atom. The molecule has 0 fully saturated rings. The quantitative estimate of drug-likeness (QED) is 0.247. The Morgan fingerprint density at radius 3 is 2.65 bits per heavy atom. The molecule has 1 aromatic carbocycles. The van der Waals surface area contributed by atoms with Crippen molar-refractivity contribution in [2.45, 2.75) is 58.2 Å². The fourth-order valence-electron chi connectivity index (χ4n) is 3.25. The molecule has 2 N–H and O–H groups in total. The Balaban J connectivity index is 1.93. The van der Waals surface area contributed by atoms with E-state index in [0.29, 0.717) is 18.4 Å². The van der Waals surface area contributed by atoms with Gasteiger partial charge in [0, 0.05) is 18.8 Å². The lowest BCUT2D eigenvalue weighted by Crippen LogP contribution is -2.51. The lowest BCUT2D eigenvalue weighted by atomic mass is 9.50. The topological polar surface area (TPSA) is 128 Å². The van der Waals surface area contributed by atoms with Crippen LogP contribution in [-0.2, 0) is 36.5 Å². The van der Waals surface area contributed by atoms with E-state index in [-0.39, 0.29) is 43.0 Å². The maximum Gasteiger partial charge on any atom is 0.511 e. The molecule has 9 nitrogen and oxygen atoms in total. The van der Waals surface area contributed by atoms with Gasteiger partial charge in [0.25, 0.3) is 0 Å². The van der Waals surface area contributed by atoms with E-state index in [1.54, 1.807) is 12.1 Å². The minimum atomic E-state index is -0.907. The number of amides is 1. The number of unbranched alkanes of at least 4 members (excludes halogenated alkanes) is 1. The zero-order valence-electron chi connectivity index (χ0n) is 17.8. The van der Waals surface area contributed by atoms with Crippen molar-refractivity contribution in [2.24, 2.45) is 0 Å². The number of rotatable bonds is 10. The number of nitrogens with one attached hydrogen (secondary N) is 1. The lowest BCUT2D eigenvalue weighted by Gasteiger charge is -2.29. The maximum atomic E-state index is 12.4. The Kier molecular flexibility index (Phi) is 9.52. The average molecular weight is 433 g/mol. The van der Waals surface area contributed by atoms with Gasteiger partial charge < -0.3 is 29.3 Å². The van der Waals surface area contributed by atoms with Gasteiger partial charge in [0.15, 0.2) is 0 Å². The van der Waals surface area contributed by atoms with Gasteiger partial charge in [-0.25, -0.2) is 9.59 Å². The highest BCUT2D eigenvalue weighted by Gasteiger charge is 2.34. The van der Waals surface area contributed by atoms with Crippen molar-refractivity contribution in [1.29, 1.82) is 0 Å². The second-order valence-electron chi connectivity index (χ2n) is 7.44. The molecule has 1 aromatic rings. The number of esters is 1. The van der Waals surface area contributed by atoms with Crippen molar-refractivity contribution in [3.8, 4) is 0 Å². The Hall–Kier alpha value is -2.88. The number of hydrogen-bond acceptors (Lipinski definition) is 8. The number of carbonyl (C=O) groups excluding carboxylic acids is 4. The zero-order chi connectivity index (χ0) is 22.8. The lowest BCUT2D eigenvalue weighted by molar-refractivity contribution is -0.124. The third-order valence-corrected chi connectivity index (χ3v) is 4.95. The second kappa shape index (κ2) is 12.1. The van der Waals surface area contributed by atoms with Crippen LogP contribution in [0.5, 0.6) is 0 Å². The first-order valence-electron chi connectivity index (χ1n) is 10.4. The van der Waals surface area contributed by atoms with Crippen LogP contribution in [0.2, 0.25) is 0 Å². The largest absolute Gasteiger partial charge is 0.511 e. The van der Waals surface area contributed by atoms with Crippen molar-refractivity contribution >= 4 is 30.7 Å². The van der Waals surface area contributed by atoms with Crippen molar-refractivity contribution in [3.63, 3.8) is 0 Å². The van der Waals surface area contributed by atoms with E-state index in [9.17, 15) is 24.2 Å². The van der Waals surface area contributed by atoms with E-state index in [1.165, 1.54) is 6.92 Å². The first-order chi connectivity index (χ1) is 14.8. The molecule has 10 heteroatoms. The molecule has 0 saturated carbocycles. The van der Waals surface area contributed by atoms with Crippen LogP contribution in [0.1, 0.15) is 61.0 Å². The van der Waals surface area contributed by atoms with Crippen LogP contribution in [0.4, 0.5) is 4.79 Å². The zero-order valence-corrected chi connectivity index (χ0v) is 17.8. The third kappa shape index (κ3) is 7.71. The highest BCUT2D eigenvalue weighted by molar-refractivity contribution is 6.52. The molecule has 168 valence electrons. The number of carbonyl (C=O) groups is 4. The number of ether oxygens (including phenoxy) is 3. The van der Waals surface area contributed by atoms with Crippen LogP contribution < -0.4 is 5.32 Å². The van der Waals surface area contributed by atoms with Crippen LogP contribution in [0, 0.1) is 0 Å². The summed E-state index contributed by atoms with van der Waals surface area (Å²) in [7, 11) is 0. The first kappa shape index (κ1) is 24.4. The molecule has 1 amide bonds. The summed E-state index contributed by atoms with van der Waals surface area (Å²) in [6, 6.07) is 5.06. The molecule has 0 saturated heterocycles. The summed E-state index contributed by atoms with van der Waals surface area (Å²) in [5.41, 5.74) is 1.69. The predicted molar refractivity (Wildman–Crippen MR) is 111 cm³/mol. The van der Waals surface area contributed by atoms with Gasteiger partial charge in [0.05, 0.1) is 12.2 Å². The maximum absolute atomic E-state index is 12.4. The minimum absolute atomic E-state index is 0.0681. The van der Waals surface area contributed by atoms with Gasteiger partial charge in [-0.3, -0.25) is 4.79 Å². The molecule has 0 aromatic heterocycles. The van der Waals surface area contributed by atoms with Gasteiger partial charge in [-0.15, -0.1) is 0 Å². The van der Waals surface area contributed by atoms with Gasteiger partial charge >= 0.3 is 19.0 Å². The molecule has 0 spiro atoms. The van der Waals surface area contributed by atoms with Crippen molar-refractivity contribution < 1.29 is 38.4 Å². The molecule has 1 heterocycles. The fraction of sp³-hybridized carbons (Fsp3) is 0.524. The molecule has 0 radical (unpaired) electrons. The highest BCUT2D eigenvalue weighted by atomic mass is 16.8. The standard InChI is InChI=1S/C21H28BNO8/c1-3-4-10-29-21(27)31-13-30-20(26)16-7-5-6-15-11-18(22(28)12-17(15)16)23-19(25)9-8-14(2)24/h5-7,18,28H,3-4,8-13H2,1-2H3,(H,23,25). The normalized spacial score (nSPS) is 14.9. The van der Waals surface area contributed by atoms with E-state index in [2.05, 4.69) is 5.32 Å². The van der Waals surface area contributed by atoms with Crippen molar-refractivity contribution in [3.05, 3.63) is 34.9 Å². The van der Waals surface area contributed by atoms with Crippen molar-refractivity contribution in [2.75, 3.05) is 13.4 Å². The summed E-state index contributed by atoms with van der Waals surface area (Å²) in [6.45, 7) is 2.14. The third-order valence-electron chi connectivity index (χ3n) is 4.95. The smallest absolute Gasteiger partial charge is 0.448 e. The molecule has 1 aliphatic heterocycles. The van der Waals surface area contributed by atoms with Gasteiger partial charge in [0.1, 0.15) is 5.78 Å². The van der Waals surface area contributed by atoms with E-state index in [0.717, 1.165) is 12.0 Å². The van der Waals surface area contributed by atoms with Crippen LogP contribution in [0.3, 0.4) is 0 Å². The highest BCUT2D eigenvalue weighted by Crippen LogP contribution is 2.24. The van der Waals surface area contributed by atoms with Gasteiger partial charge in [-0.1, -0.05) is 25.5 Å². The van der Waals surface area contributed by atoms with E-state index >= 15 is 0 Å². The van der Waals surface area contributed by atoms with Crippen LogP contribution >= 0.6 is 0 Å². The average Bonchev–Trinajstić information content (AvgIpc) is 2.72. The summed E-state index contributed by atoms with van der Waals surface area (Å²) in [4.78, 5) is 46.9. The number of benzene rings is 1. The number of Topliss-reactive ketones (excluding diaryl/α,β-unsaturated/α-hetero) is 1. The number of hydrogen-bond donors (Lipinski definition) is 2. The fourth-order valence-corrected chi connectivity index (χ4v) is 3.25. The van der Waals surface area contributed by atoms with Gasteiger partial charge in [-0.2, -0.15) is 0 Å². The summed E-state index contributed by atoms with van der Waals surface area (Å²) >= 11 is 0. The van der Waals surface area contributed by atoms with Gasteiger partial charge in [-0.05, 0) is 43.3 Å². The molecule has 1 unspecified atom stereocenters. The van der Waals surface area contributed by atoms with Crippen LogP contribution in [-0.4, -0.2) is 55.1 Å². The van der Waals surface area contributed by atoms with Crippen LogP contribution in [0.25, 0.3) is 0 Å². The molecule has 0 aliphatic carbocycles. The second-order valence-corrected chi connectivity index (χ2v) is 7.44. The molecular weight excluding hydrogens is 405 g/mol. The molecule has 31 heavy (non-hydrogen) atoms. The predicted octanol–water partition coefficient (Wildman–Crippen LogP) is 1.77. The number of fused-ring (bicyclic) bond motifs is 1. The summed E-state index contributed by atoms with van der Waals surface area (Å²) in [5.74, 6) is -1.58. The molecule has 1 atom stereocenters. The Labute approximate surface area is 181 Å². The van der Waals surface area contributed by atoms with E-state index in [4.69, 9.17) is 14.2 Å². The molecule has 0 bridgehead atoms. The Morgan fingerprint density at radius 2 is 1.94 bits per heavy atom. The summed E-state index contributed by atoms with van der Waals surface area (Å²) in [6.07, 6.45) is 1.38.